The molecule has 0 aromatic carbocycles. The van der Waals surface area contributed by atoms with E-state index in [0.29, 0.717) is 17.7 Å². The lowest BCUT2D eigenvalue weighted by Gasteiger charge is -2.44. The fraction of sp³-hybridized carbons (Fsp3) is 0.700. The Hall–Kier alpha value is -0.473. The number of rotatable bonds is 4. The van der Waals surface area contributed by atoms with Crippen LogP contribution in [0.5, 0.6) is 0 Å². The number of aryl methyl sites for hydroxylation is 1. The van der Waals surface area contributed by atoms with Gasteiger partial charge in [0.15, 0.2) is 8.32 Å². The average Bonchev–Trinajstić information content (AvgIpc) is 2.42. The number of hydrogen-bond acceptors (Lipinski definition) is 3. The number of carbonyl (C=O) groups is 1. The number of fused-ring (bicyclic) bond motifs is 1. The minimum Gasteiger partial charge on any atom is -0.478 e. The summed E-state index contributed by atoms with van der Waals surface area (Å²) >= 11 is 2.20. The molecule has 26 heavy (non-hydrogen) atoms. The van der Waals surface area contributed by atoms with Crippen LogP contribution < -0.4 is 0 Å². The topological polar surface area (TPSA) is 59.4 Å². The van der Waals surface area contributed by atoms with Crippen molar-refractivity contribution in [3.63, 3.8) is 0 Å². The molecule has 6 heteroatoms. The molecule has 1 unspecified atom stereocenters. The van der Waals surface area contributed by atoms with E-state index in [2.05, 4.69) is 70.3 Å². The van der Waals surface area contributed by atoms with Crippen molar-refractivity contribution in [3.8, 4) is 0 Å². The molecule has 1 atom stereocenters. The highest BCUT2D eigenvalue weighted by molar-refractivity contribution is 14.1. The van der Waals surface area contributed by atoms with Gasteiger partial charge < -0.3 is 9.53 Å². The van der Waals surface area contributed by atoms with E-state index in [4.69, 9.17) is 9.41 Å². The van der Waals surface area contributed by atoms with Gasteiger partial charge in [0.25, 0.3) is 0 Å². The minimum atomic E-state index is -1.99. The van der Waals surface area contributed by atoms with Gasteiger partial charge in [-0.25, -0.2) is 4.79 Å². The van der Waals surface area contributed by atoms with Crippen molar-refractivity contribution >= 4 is 36.9 Å². The Kier molecular flexibility index (Phi) is 6.01. The quantitative estimate of drug-likeness (QED) is 0.418. The first kappa shape index (κ1) is 21.8. The summed E-state index contributed by atoms with van der Waals surface area (Å²) < 4.78 is 7.61. The Labute approximate surface area is 172 Å². The van der Waals surface area contributed by atoms with Crippen LogP contribution in [0.2, 0.25) is 18.1 Å². The van der Waals surface area contributed by atoms with Gasteiger partial charge in [-0.3, -0.25) is 4.98 Å². The smallest absolute Gasteiger partial charge is 0.338 e. The molecule has 0 saturated carbocycles. The van der Waals surface area contributed by atoms with E-state index in [-0.39, 0.29) is 16.6 Å². The van der Waals surface area contributed by atoms with E-state index in [1.807, 2.05) is 6.92 Å². The summed E-state index contributed by atoms with van der Waals surface area (Å²) in [6, 6.07) is 0. The highest BCUT2D eigenvalue weighted by atomic mass is 127. The van der Waals surface area contributed by atoms with Crippen molar-refractivity contribution in [2.45, 2.75) is 85.0 Å². The number of carboxylic acid groups (broad SMARTS) is 1. The molecule has 4 nitrogen and oxygen atoms in total. The van der Waals surface area contributed by atoms with Gasteiger partial charge in [0.1, 0.15) is 0 Å². The molecule has 0 radical (unpaired) electrons. The Morgan fingerprint density at radius 2 is 1.96 bits per heavy atom. The van der Waals surface area contributed by atoms with Crippen LogP contribution in [-0.2, 0) is 17.3 Å². The second kappa shape index (κ2) is 7.17. The second-order valence-electron chi connectivity index (χ2n) is 9.68. The molecule has 0 bridgehead atoms. The molecular formula is C20H32INO3Si. The molecule has 1 aromatic rings. The first-order chi connectivity index (χ1) is 11.7. The number of carboxylic acids is 1. The van der Waals surface area contributed by atoms with E-state index in [0.717, 1.165) is 27.7 Å². The lowest BCUT2D eigenvalue weighted by atomic mass is 9.74. The number of aromatic carboxylic acids is 1. The Morgan fingerprint density at radius 3 is 2.42 bits per heavy atom. The predicted octanol–water partition coefficient (Wildman–Crippen LogP) is 5.98. The molecule has 0 fully saturated rings. The van der Waals surface area contributed by atoms with Gasteiger partial charge in [0.2, 0.25) is 0 Å². The second-order valence-corrected chi connectivity index (χ2v) is 15.5. The third kappa shape index (κ3) is 4.17. The van der Waals surface area contributed by atoms with Crippen LogP contribution in [0.4, 0.5) is 0 Å². The van der Waals surface area contributed by atoms with Crippen molar-refractivity contribution in [2.24, 2.45) is 5.41 Å². The lowest BCUT2D eigenvalue weighted by molar-refractivity contribution is 0.0692. The van der Waals surface area contributed by atoms with Crippen LogP contribution >= 0.6 is 22.6 Å². The number of nitrogens with zero attached hydrogens (tertiary/aromatic N) is 1. The summed E-state index contributed by atoms with van der Waals surface area (Å²) in [5.74, 6) is -0.891. The predicted molar refractivity (Wildman–Crippen MR) is 116 cm³/mol. The maximum atomic E-state index is 11.9. The van der Waals surface area contributed by atoms with E-state index < -0.39 is 14.3 Å². The summed E-state index contributed by atoms with van der Waals surface area (Å²) in [5, 5.41) is 9.86. The molecule has 146 valence electrons. The third-order valence-electron chi connectivity index (χ3n) is 5.82. The normalized spacial score (nSPS) is 20.0. The summed E-state index contributed by atoms with van der Waals surface area (Å²) in [4.78, 5) is 16.7. The van der Waals surface area contributed by atoms with Crippen molar-refractivity contribution in [3.05, 3.63) is 26.1 Å². The molecule has 0 amide bonds. The van der Waals surface area contributed by atoms with Gasteiger partial charge >= 0.3 is 5.97 Å². The zero-order valence-corrected chi connectivity index (χ0v) is 20.4. The maximum Gasteiger partial charge on any atom is 0.338 e. The minimum absolute atomic E-state index is 0.0851. The van der Waals surface area contributed by atoms with Gasteiger partial charge in [0, 0.05) is 14.8 Å². The van der Waals surface area contributed by atoms with Crippen molar-refractivity contribution in [2.75, 3.05) is 0 Å². The Bertz CT molecular complexity index is 723. The van der Waals surface area contributed by atoms with Gasteiger partial charge in [-0.1, -0.05) is 41.5 Å². The molecule has 1 aliphatic carbocycles. The fourth-order valence-corrected chi connectivity index (χ4v) is 5.83. The van der Waals surface area contributed by atoms with Crippen LogP contribution in [0.1, 0.15) is 81.4 Å². The maximum absolute atomic E-state index is 11.9. The molecule has 1 aliphatic rings. The monoisotopic (exact) mass is 489 g/mol. The van der Waals surface area contributed by atoms with E-state index >= 15 is 0 Å². The van der Waals surface area contributed by atoms with Crippen LogP contribution in [0.3, 0.4) is 0 Å². The number of pyridine rings is 1. The van der Waals surface area contributed by atoms with Crippen molar-refractivity contribution in [1.82, 2.24) is 4.98 Å². The summed E-state index contributed by atoms with van der Waals surface area (Å²) in [6.07, 6.45) is 2.30. The first-order valence-electron chi connectivity index (χ1n) is 9.32. The van der Waals surface area contributed by atoms with Crippen LogP contribution in [0, 0.1) is 8.99 Å². The molecule has 1 heterocycles. The molecule has 2 rings (SSSR count). The summed E-state index contributed by atoms with van der Waals surface area (Å²) in [5.41, 5.74) is 3.17. The average molecular weight is 489 g/mol. The van der Waals surface area contributed by atoms with Gasteiger partial charge in [-0.2, -0.15) is 0 Å². The summed E-state index contributed by atoms with van der Waals surface area (Å²) in [6.45, 7) is 17.7. The molecule has 1 aromatic heterocycles. The highest BCUT2D eigenvalue weighted by Crippen LogP contribution is 2.48. The number of aromatic nitrogens is 1. The number of hydrogen-bond donors (Lipinski definition) is 1. The SMILES string of the molecule is CCc1nc2c(c(I)c1C(=O)O)C(O[Si](C)(C)C(C)(C)C)CC(C)(C)C2. The molecule has 1 N–H and O–H groups in total. The van der Waals surface area contributed by atoms with E-state index in [9.17, 15) is 9.90 Å². The third-order valence-corrected chi connectivity index (χ3v) is 11.4. The summed E-state index contributed by atoms with van der Waals surface area (Å²) in [7, 11) is -1.99. The van der Waals surface area contributed by atoms with Gasteiger partial charge in [-0.05, 0) is 65.4 Å². The molecule has 0 aliphatic heterocycles. The molecule has 0 spiro atoms. The molecular weight excluding hydrogens is 457 g/mol. The Morgan fingerprint density at radius 1 is 1.38 bits per heavy atom. The highest BCUT2D eigenvalue weighted by Gasteiger charge is 2.44. The van der Waals surface area contributed by atoms with E-state index in [1.54, 1.807) is 0 Å². The number of halogens is 1. The Balaban J connectivity index is 2.65. The van der Waals surface area contributed by atoms with Crippen LogP contribution in [0.15, 0.2) is 0 Å². The van der Waals surface area contributed by atoms with E-state index in [1.165, 1.54) is 0 Å². The first-order valence-corrected chi connectivity index (χ1v) is 13.3. The van der Waals surface area contributed by atoms with Crippen LogP contribution in [-0.4, -0.2) is 24.4 Å². The molecule has 0 saturated heterocycles. The fourth-order valence-electron chi connectivity index (χ4n) is 3.36. The van der Waals surface area contributed by atoms with Crippen molar-refractivity contribution in [1.29, 1.82) is 0 Å². The van der Waals surface area contributed by atoms with Gasteiger partial charge in [-0.15, -0.1) is 0 Å². The van der Waals surface area contributed by atoms with Crippen LogP contribution in [0.25, 0.3) is 0 Å². The van der Waals surface area contributed by atoms with Gasteiger partial charge in [0.05, 0.1) is 17.4 Å². The van der Waals surface area contributed by atoms with Crippen molar-refractivity contribution < 1.29 is 14.3 Å². The standard InChI is InChI=1S/C20H32INO3Si/c1-9-12-16(18(23)24)17(21)15-13(22-12)10-20(5,6)11-14(15)25-26(7,8)19(2,3)4/h14H,9-11H2,1-8H3,(H,23,24). The zero-order valence-electron chi connectivity index (χ0n) is 17.3. The lowest BCUT2D eigenvalue weighted by Crippen LogP contribution is -2.44. The zero-order chi connectivity index (χ0) is 20.1. The largest absolute Gasteiger partial charge is 0.478 e.